The number of anilines is 1. The summed E-state index contributed by atoms with van der Waals surface area (Å²) in [6.07, 6.45) is 1.63. The smallest absolute Gasteiger partial charge is 0.355 e. The van der Waals surface area contributed by atoms with Gasteiger partial charge >= 0.3 is 5.97 Å². The van der Waals surface area contributed by atoms with Crippen molar-refractivity contribution in [2.75, 3.05) is 5.32 Å². The molecule has 2 N–H and O–H groups in total. The van der Waals surface area contributed by atoms with Crippen molar-refractivity contribution in [2.24, 2.45) is 5.92 Å². The quantitative estimate of drug-likeness (QED) is 0.847. The second-order valence-corrected chi connectivity index (χ2v) is 5.78. The van der Waals surface area contributed by atoms with E-state index in [1.807, 2.05) is 26.0 Å². The van der Waals surface area contributed by atoms with Crippen LogP contribution in [0.1, 0.15) is 37.2 Å². The van der Waals surface area contributed by atoms with Gasteiger partial charge in [0.25, 0.3) is 0 Å². The highest BCUT2D eigenvalue weighted by Gasteiger charge is 2.14. The number of carbonyl (C=O) groups excluding carboxylic acids is 1. The highest BCUT2D eigenvalue weighted by molar-refractivity contribution is 7.13. The van der Waals surface area contributed by atoms with Crippen molar-refractivity contribution in [3.8, 4) is 10.6 Å². The maximum atomic E-state index is 12.0. The zero-order valence-electron chi connectivity index (χ0n) is 12.5. The molecule has 0 unspecified atom stereocenters. The lowest BCUT2D eigenvalue weighted by atomic mass is 10.0. The van der Waals surface area contributed by atoms with Crippen LogP contribution in [-0.4, -0.2) is 22.0 Å². The number of amides is 1. The van der Waals surface area contributed by atoms with Gasteiger partial charge in [-0.15, -0.1) is 11.3 Å². The molecule has 0 bridgehead atoms. The molecule has 5 nitrogen and oxygen atoms in total. The van der Waals surface area contributed by atoms with E-state index < -0.39 is 5.97 Å². The Kier molecular flexibility index (Phi) is 5.27. The van der Waals surface area contributed by atoms with Crippen molar-refractivity contribution < 1.29 is 14.7 Å². The van der Waals surface area contributed by atoms with Crippen LogP contribution in [0.4, 0.5) is 5.69 Å². The SMILES string of the molecule is CCC(CC)C(=O)Nc1ccc(-c2nc(C(=O)O)cs2)cc1. The van der Waals surface area contributed by atoms with Crippen molar-refractivity contribution in [1.82, 2.24) is 4.98 Å². The van der Waals surface area contributed by atoms with Crippen molar-refractivity contribution in [2.45, 2.75) is 26.7 Å². The Morgan fingerprint density at radius 1 is 1.23 bits per heavy atom. The Bertz CT molecular complexity index is 660. The molecule has 1 heterocycles. The van der Waals surface area contributed by atoms with Crippen molar-refractivity contribution in [3.63, 3.8) is 0 Å². The predicted octanol–water partition coefficient (Wildman–Crippen LogP) is 3.88. The van der Waals surface area contributed by atoms with Crippen LogP contribution in [0.15, 0.2) is 29.6 Å². The van der Waals surface area contributed by atoms with Gasteiger partial charge in [-0.3, -0.25) is 4.79 Å². The maximum absolute atomic E-state index is 12.0. The van der Waals surface area contributed by atoms with Gasteiger partial charge in [0.15, 0.2) is 5.69 Å². The maximum Gasteiger partial charge on any atom is 0.355 e. The Morgan fingerprint density at radius 2 is 1.86 bits per heavy atom. The van der Waals surface area contributed by atoms with Crippen LogP contribution in [-0.2, 0) is 4.79 Å². The minimum Gasteiger partial charge on any atom is -0.476 e. The number of aromatic nitrogens is 1. The Morgan fingerprint density at radius 3 is 2.36 bits per heavy atom. The zero-order valence-corrected chi connectivity index (χ0v) is 13.3. The Labute approximate surface area is 133 Å². The van der Waals surface area contributed by atoms with E-state index in [4.69, 9.17) is 5.11 Å². The molecule has 1 aromatic heterocycles. The molecule has 1 aromatic carbocycles. The topological polar surface area (TPSA) is 79.3 Å². The number of hydrogen-bond donors (Lipinski definition) is 2. The number of nitrogens with one attached hydrogen (secondary N) is 1. The van der Waals surface area contributed by atoms with Crippen molar-refractivity contribution in [3.05, 3.63) is 35.3 Å². The van der Waals surface area contributed by atoms with Gasteiger partial charge in [-0.25, -0.2) is 9.78 Å². The van der Waals surface area contributed by atoms with Gasteiger partial charge in [-0.05, 0) is 37.1 Å². The van der Waals surface area contributed by atoms with Gasteiger partial charge in [0.2, 0.25) is 5.91 Å². The summed E-state index contributed by atoms with van der Waals surface area (Å²) in [7, 11) is 0. The van der Waals surface area contributed by atoms with Gasteiger partial charge in [0.05, 0.1) is 0 Å². The van der Waals surface area contributed by atoms with Gasteiger partial charge in [0.1, 0.15) is 5.01 Å². The largest absolute Gasteiger partial charge is 0.476 e. The first kappa shape index (κ1) is 16.2. The summed E-state index contributed by atoms with van der Waals surface area (Å²) in [5, 5.41) is 13.9. The van der Waals surface area contributed by atoms with E-state index in [9.17, 15) is 9.59 Å². The number of rotatable bonds is 6. The van der Waals surface area contributed by atoms with Gasteiger partial charge in [0, 0.05) is 22.5 Å². The van der Waals surface area contributed by atoms with Crippen molar-refractivity contribution in [1.29, 1.82) is 0 Å². The number of benzene rings is 1. The second kappa shape index (κ2) is 7.17. The lowest BCUT2D eigenvalue weighted by Gasteiger charge is -2.12. The third-order valence-electron chi connectivity index (χ3n) is 3.48. The molecule has 0 aliphatic carbocycles. The first-order valence-corrected chi connectivity index (χ1v) is 8.03. The van der Waals surface area contributed by atoms with E-state index in [0.29, 0.717) is 5.01 Å². The predicted molar refractivity (Wildman–Crippen MR) is 87.2 cm³/mol. The van der Waals surface area contributed by atoms with E-state index in [1.165, 1.54) is 16.7 Å². The summed E-state index contributed by atoms with van der Waals surface area (Å²) in [6, 6.07) is 7.26. The van der Waals surface area contributed by atoms with E-state index >= 15 is 0 Å². The first-order valence-electron chi connectivity index (χ1n) is 7.15. The summed E-state index contributed by atoms with van der Waals surface area (Å²) >= 11 is 1.28. The molecule has 2 rings (SSSR count). The molecular formula is C16H18N2O3S. The van der Waals surface area contributed by atoms with Crippen LogP contribution >= 0.6 is 11.3 Å². The molecule has 2 aromatic rings. The van der Waals surface area contributed by atoms with E-state index in [2.05, 4.69) is 10.3 Å². The number of hydrogen-bond acceptors (Lipinski definition) is 4. The van der Waals surface area contributed by atoms with Gasteiger partial charge in [-0.2, -0.15) is 0 Å². The van der Waals surface area contributed by atoms with E-state index in [-0.39, 0.29) is 17.5 Å². The Hall–Kier alpha value is -2.21. The fourth-order valence-corrected chi connectivity index (χ4v) is 2.90. The minimum absolute atomic E-state index is 0.0248. The molecular weight excluding hydrogens is 300 g/mol. The minimum atomic E-state index is -1.03. The average Bonchev–Trinajstić information content (AvgIpc) is 2.99. The third kappa shape index (κ3) is 3.71. The van der Waals surface area contributed by atoms with Gasteiger partial charge < -0.3 is 10.4 Å². The lowest BCUT2D eigenvalue weighted by molar-refractivity contribution is -0.120. The van der Waals surface area contributed by atoms with Gasteiger partial charge in [-0.1, -0.05) is 13.8 Å². The summed E-state index contributed by atoms with van der Waals surface area (Å²) in [5.74, 6) is -0.978. The molecule has 0 aliphatic heterocycles. The molecule has 0 atom stereocenters. The number of nitrogens with zero attached hydrogens (tertiary/aromatic N) is 1. The molecule has 0 fully saturated rings. The number of carboxylic acid groups (broad SMARTS) is 1. The van der Waals surface area contributed by atoms with Crippen LogP contribution < -0.4 is 5.32 Å². The molecule has 0 saturated heterocycles. The molecule has 0 spiro atoms. The van der Waals surface area contributed by atoms with Crippen molar-refractivity contribution >= 4 is 28.9 Å². The second-order valence-electron chi connectivity index (χ2n) is 4.92. The average molecular weight is 318 g/mol. The zero-order chi connectivity index (χ0) is 16.1. The molecule has 0 radical (unpaired) electrons. The molecule has 6 heteroatoms. The number of carbonyl (C=O) groups is 2. The van der Waals surface area contributed by atoms with Crippen LogP contribution in [0.2, 0.25) is 0 Å². The molecule has 116 valence electrons. The highest BCUT2D eigenvalue weighted by Crippen LogP contribution is 2.25. The molecule has 22 heavy (non-hydrogen) atoms. The summed E-state index contributed by atoms with van der Waals surface area (Å²) in [5.41, 5.74) is 1.61. The lowest BCUT2D eigenvalue weighted by Crippen LogP contribution is -2.21. The number of thiazole rings is 1. The van der Waals surface area contributed by atoms with Crippen LogP contribution in [0.5, 0.6) is 0 Å². The normalized spacial score (nSPS) is 10.7. The molecule has 1 amide bonds. The molecule has 0 saturated carbocycles. The monoisotopic (exact) mass is 318 g/mol. The van der Waals surface area contributed by atoms with Crippen LogP contribution in [0.3, 0.4) is 0 Å². The fraction of sp³-hybridized carbons (Fsp3) is 0.312. The van der Waals surface area contributed by atoms with Crippen LogP contribution in [0.25, 0.3) is 10.6 Å². The number of carboxylic acids is 1. The summed E-state index contributed by atoms with van der Waals surface area (Å²) in [4.78, 5) is 26.9. The summed E-state index contributed by atoms with van der Waals surface area (Å²) < 4.78 is 0. The molecule has 0 aliphatic rings. The summed E-state index contributed by atoms with van der Waals surface area (Å²) in [6.45, 7) is 4.00. The Balaban J connectivity index is 2.09. The van der Waals surface area contributed by atoms with Crippen LogP contribution in [0, 0.1) is 5.92 Å². The standard InChI is InChI=1S/C16H18N2O3S/c1-3-10(4-2)14(19)17-12-7-5-11(6-8-12)15-18-13(9-22-15)16(20)21/h5-10H,3-4H2,1-2H3,(H,17,19)(H,20,21). The van der Waals surface area contributed by atoms with E-state index in [1.54, 1.807) is 12.1 Å². The highest BCUT2D eigenvalue weighted by atomic mass is 32.1. The first-order chi connectivity index (χ1) is 10.5. The fourth-order valence-electron chi connectivity index (χ4n) is 2.10. The van der Waals surface area contributed by atoms with E-state index in [0.717, 1.165) is 24.1 Å². The number of aromatic carboxylic acids is 1. The third-order valence-corrected chi connectivity index (χ3v) is 4.37.